The fourth-order valence-electron chi connectivity index (χ4n) is 3.54. The Kier molecular flexibility index (Phi) is 5.11. The Morgan fingerprint density at radius 1 is 0.875 bits per heavy atom. The number of hydrogen-bond acceptors (Lipinski definition) is 2. The van der Waals surface area contributed by atoms with Crippen LogP contribution in [-0.4, -0.2) is 36.6 Å². The van der Waals surface area contributed by atoms with Crippen molar-refractivity contribution >= 4 is 0 Å². The van der Waals surface area contributed by atoms with E-state index in [4.69, 9.17) is 0 Å². The molecule has 0 unspecified atom stereocenters. The minimum atomic E-state index is 0.870. The predicted molar refractivity (Wildman–Crippen MR) is 69.8 cm³/mol. The van der Waals surface area contributed by atoms with E-state index in [1.807, 2.05) is 0 Å². The smallest absolute Gasteiger partial charge is 0.0122 e. The quantitative estimate of drug-likeness (QED) is 0.742. The van der Waals surface area contributed by atoms with Gasteiger partial charge >= 0.3 is 0 Å². The van der Waals surface area contributed by atoms with Crippen molar-refractivity contribution in [3.05, 3.63) is 0 Å². The third-order valence-electron chi connectivity index (χ3n) is 4.44. The molecule has 0 aromatic heterocycles. The first-order valence-corrected chi connectivity index (χ1v) is 7.38. The van der Waals surface area contributed by atoms with Crippen LogP contribution in [0.5, 0.6) is 0 Å². The number of piperidine rings is 1. The molecule has 2 heteroatoms. The predicted octanol–water partition coefficient (Wildman–Crippen LogP) is 2.78. The minimum Gasteiger partial charge on any atom is -0.317 e. The summed E-state index contributed by atoms with van der Waals surface area (Å²) in [5.74, 6) is 0. The summed E-state index contributed by atoms with van der Waals surface area (Å²) in [6, 6.07) is 1.77. The molecule has 1 N–H and O–H groups in total. The van der Waals surface area contributed by atoms with Gasteiger partial charge in [0.05, 0.1) is 0 Å². The van der Waals surface area contributed by atoms with Gasteiger partial charge in [-0.05, 0) is 45.3 Å². The van der Waals surface area contributed by atoms with E-state index in [0.717, 1.165) is 12.1 Å². The molecule has 2 nitrogen and oxygen atoms in total. The van der Waals surface area contributed by atoms with Gasteiger partial charge in [-0.3, -0.25) is 4.90 Å². The van der Waals surface area contributed by atoms with E-state index in [0.29, 0.717) is 0 Å². The molecule has 1 saturated heterocycles. The summed E-state index contributed by atoms with van der Waals surface area (Å²) < 4.78 is 0. The van der Waals surface area contributed by atoms with Crippen LogP contribution in [0.15, 0.2) is 0 Å². The second-order valence-electron chi connectivity index (χ2n) is 5.46. The van der Waals surface area contributed by atoms with Crippen LogP contribution in [0, 0.1) is 0 Å². The Hall–Kier alpha value is -0.0800. The molecule has 1 aliphatic heterocycles. The summed E-state index contributed by atoms with van der Waals surface area (Å²) in [6.45, 7) is 6.07. The third-order valence-corrected chi connectivity index (χ3v) is 4.44. The standard InChI is InChI=1S/C14H28N2/c1-2-16(14-9-11-15-12-10-14)13-7-5-3-4-6-8-13/h13-15H,2-12H2,1H3. The fourth-order valence-corrected chi connectivity index (χ4v) is 3.54. The van der Waals surface area contributed by atoms with Gasteiger partial charge in [0.25, 0.3) is 0 Å². The zero-order valence-electron chi connectivity index (χ0n) is 10.9. The van der Waals surface area contributed by atoms with Crippen LogP contribution >= 0.6 is 0 Å². The molecular weight excluding hydrogens is 196 g/mol. The molecule has 0 bridgehead atoms. The maximum Gasteiger partial charge on any atom is 0.0122 e. The average molecular weight is 224 g/mol. The van der Waals surface area contributed by atoms with Gasteiger partial charge in [0.1, 0.15) is 0 Å². The molecule has 1 saturated carbocycles. The maximum absolute atomic E-state index is 3.48. The molecule has 2 fully saturated rings. The highest BCUT2D eigenvalue weighted by Crippen LogP contribution is 2.25. The molecule has 0 atom stereocenters. The summed E-state index contributed by atoms with van der Waals surface area (Å²) in [6.07, 6.45) is 11.5. The molecule has 1 aliphatic carbocycles. The van der Waals surface area contributed by atoms with Crippen molar-refractivity contribution in [3.8, 4) is 0 Å². The van der Waals surface area contributed by atoms with E-state index in [1.165, 1.54) is 71.0 Å². The molecule has 0 spiro atoms. The lowest BCUT2D eigenvalue weighted by molar-refractivity contribution is 0.105. The molecular formula is C14H28N2. The van der Waals surface area contributed by atoms with Crippen molar-refractivity contribution in [1.82, 2.24) is 10.2 Å². The summed E-state index contributed by atoms with van der Waals surface area (Å²) in [5.41, 5.74) is 0. The summed E-state index contributed by atoms with van der Waals surface area (Å²) >= 11 is 0. The first-order valence-electron chi connectivity index (χ1n) is 7.38. The number of nitrogens with one attached hydrogen (secondary N) is 1. The molecule has 0 radical (unpaired) electrons. The van der Waals surface area contributed by atoms with Crippen LogP contribution in [0.1, 0.15) is 58.3 Å². The molecule has 0 aromatic rings. The van der Waals surface area contributed by atoms with Crippen LogP contribution < -0.4 is 5.32 Å². The average Bonchev–Trinajstić information content (AvgIpc) is 2.61. The molecule has 16 heavy (non-hydrogen) atoms. The number of nitrogens with zero attached hydrogens (tertiary/aromatic N) is 1. The lowest BCUT2D eigenvalue weighted by atomic mass is 9.99. The second kappa shape index (κ2) is 6.61. The Balaban J connectivity index is 1.90. The molecule has 2 rings (SSSR count). The summed E-state index contributed by atoms with van der Waals surface area (Å²) in [7, 11) is 0. The van der Waals surface area contributed by atoms with Crippen molar-refractivity contribution in [2.75, 3.05) is 19.6 Å². The van der Waals surface area contributed by atoms with Crippen molar-refractivity contribution in [1.29, 1.82) is 0 Å². The molecule has 0 amide bonds. The molecule has 94 valence electrons. The highest BCUT2D eigenvalue weighted by atomic mass is 15.2. The van der Waals surface area contributed by atoms with Gasteiger partial charge in [-0.2, -0.15) is 0 Å². The zero-order chi connectivity index (χ0) is 11.2. The van der Waals surface area contributed by atoms with E-state index in [2.05, 4.69) is 17.1 Å². The zero-order valence-corrected chi connectivity index (χ0v) is 10.9. The SMILES string of the molecule is CCN(C1CCCCCC1)C1CCNCC1. The summed E-state index contributed by atoms with van der Waals surface area (Å²) in [5, 5.41) is 3.48. The fraction of sp³-hybridized carbons (Fsp3) is 1.00. The summed E-state index contributed by atoms with van der Waals surface area (Å²) in [4.78, 5) is 2.83. The van der Waals surface area contributed by atoms with Crippen molar-refractivity contribution < 1.29 is 0 Å². The highest BCUT2D eigenvalue weighted by molar-refractivity contribution is 4.83. The van der Waals surface area contributed by atoms with Crippen molar-refractivity contribution in [2.24, 2.45) is 0 Å². The lowest BCUT2D eigenvalue weighted by Crippen LogP contribution is -2.47. The molecule has 2 aliphatic rings. The monoisotopic (exact) mass is 224 g/mol. The van der Waals surface area contributed by atoms with Gasteiger partial charge in [0.2, 0.25) is 0 Å². The largest absolute Gasteiger partial charge is 0.317 e. The number of hydrogen-bond donors (Lipinski definition) is 1. The van der Waals surface area contributed by atoms with Gasteiger partial charge in [-0.15, -0.1) is 0 Å². The van der Waals surface area contributed by atoms with Crippen molar-refractivity contribution in [3.63, 3.8) is 0 Å². The van der Waals surface area contributed by atoms with Crippen LogP contribution in [0.25, 0.3) is 0 Å². The minimum absolute atomic E-state index is 0.870. The first kappa shape index (κ1) is 12.4. The van der Waals surface area contributed by atoms with E-state index in [-0.39, 0.29) is 0 Å². The van der Waals surface area contributed by atoms with Gasteiger partial charge in [-0.25, -0.2) is 0 Å². The topological polar surface area (TPSA) is 15.3 Å². The highest BCUT2D eigenvalue weighted by Gasteiger charge is 2.26. The van der Waals surface area contributed by atoms with Gasteiger partial charge in [0.15, 0.2) is 0 Å². The number of rotatable bonds is 3. The van der Waals surface area contributed by atoms with E-state index >= 15 is 0 Å². The van der Waals surface area contributed by atoms with E-state index in [1.54, 1.807) is 0 Å². The second-order valence-corrected chi connectivity index (χ2v) is 5.46. The lowest BCUT2D eigenvalue weighted by Gasteiger charge is -2.39. The Morgan fingerprint density at radius 3 is 2.00 bits per heavy atom. The Labute approximate surface area is 101 Å². The van der Waals surface area contributed by atoms with Crippen LogP contribution in [0.4, 0.5) is 0 Å². The molecule has 1 heterocycles. The Bertz CT molecular complexity index is 179. The van der Waals surface area contributed by atoms with Crippen LogP contribution in [0.2, 0.25) is 0 Å². The van der Waals surface area contributed by atoms with E-state index < -0.39 is 0 Å². The normalized spacial score (nSPS) is 25.9. The van der Waals surface area contributed by atoms with Crippen LogP contribution in [0.3, 0.4) is 0 Å². The van der Waals surface area contributed by atoms with Crippen molar-refractivity contribution in [2.45, 2.75) is 70.4 Å². The first-order chi connectivity index (χ1) is 7.92. The molecule has 0 aromatic carbocycles. The van der Waals surface area contributed by atoms with Gasteiger partial charge in [-0.1, -0.05) is 32.6 Å². The maximum atomic E-state index is 3.48. The van der Waals surface area contributed by atoms with Crippen LogP contribution in [-0.2, 0) is 0 Å². The van der Waals surface area contributed by atoms with Gasteiger partial charge in [0, 0.05) is 12.1 Å². The Morgan fingerprint density at radius 2 is 1.44 bits per heavy atom. The third kappa shape index (κ3) is 3.21. The van der Waals surface area contributed by atoms with Gasteiger partial charge < -0.3 is 5.32 Å². The van der Waals surface area contributed by atoms with E-state index in [9.17, 15) is 0 Å².